The van der Waals surface area contributed by atoms with Crippen LogP contribution in [-0.2, 0) is 4.79 Å². The lowest BCUT2D eigenvalue weighted by Crippen LogP contribution is -2.42. The lowest BCUT2D eigenvalue weighted by atomic mass is 9.86. The highest BCUT2D eigenvalue weighted by Crippen LogP contribution is 2.35. The second kappa shape index (κ2) is 6.67. The Hall–Kier alpha value is -1.68. The smallest absolute Gasteiger partial charge is 0.247 e. The molecule has 24 heavy (non-hydrogen) atoms. The molecular weight excluding hydrogens is 316 g/mol. The zero-order valence-corrected chi connectivity index (χ0v) is 15.0. The summed E-state index contributed by atoms with van der Waals surface area (Å²) in [7, 11) is 0. The van der Waals surface area contributed by atoms with Crippen LogP contribution in [0.25, 0.3) is 16.3 Å². The van der Waals surface area contributed by atoms with Gasteiger partial charge in [-0.15, -0.1) is 11.3 Å². The molecule has 1 aromatic carbocycles. The maximum atomic E-state index is 12.8. The molecular formula is C20H24N2OS. The number of amides is 1. The van der Waals surface area contributed by atoms with Crippen LogP contribution in [0.2, 0.25) is 0 Å². The molecule has 1 heterocycles. The predicted octanol–water partition coefficient (Wildman–Crippen LogP) is 4.88. The van der Waals surface area contributed by atoms with Crippen LogP contribution in [0.4, 0.5) is 0 Å². The van der Waals surface area contributed by atoms with Crippen molar-refractivity contribution in [1.82, 2.24) is 9.88 Å². The van der Waals surface area contributed by atoms with Gasteiger partial charge in [0.2, 0.25) is 5.91 Å². The van der Waals surface area contributed by atoms with Crippen molar-refractivity contribution in [3.05, 3.63) is 35.3 Å². The molecule has 2 fully saturated rings. The van der Waals surface area contributed by atoms with Gasteiger partial charge in [0.05, 0.1) is 10.2 Å². The summed E-state index contributed by atoms with van der Waals surface area (Å²) < 4.78 is 1.17. The fourth-order valence-corrected chi connectivity index (χ4v) is 4.59. The van der Waals surface area contributed by atoms with E-state index in [1.54, 1.807) is 17.4 Å². The summed E-state index contributed by atoms with van der Waals surface area (Å²) in [5.74, 6) is 0.993. The third-order valence-electron chi connectivity index (χ3n) is 5.25. The number of thiazole rings is 1. The van der Waals surface area contributed by atoms with Crippen molar-refractivity contribution in [2.45, 2.75) is 57.5 Å². The largest absolute Gasteiger partial charge is 0.333 e. The van der Waals surface area contributed by atoms with E-state index in [4.69, 9.17) is 0 Å². The van der Waals surface area contributed by atoms with E-state index in [-0.39, 0.29) is 5.91 Å². The van der Waals surface area contributed by atoms with E-state index in [0.29, 0.717) is 12.1 Å². The Morgan fingerprint density at radius 2 is 1.79 bits per heavy atom. The van der Waals surface area contributed by atoms with E-state index in [0.717, 1.165) is 16.4 Å². The van der Waals surface area contributed by atoms with E-state index in [9.17, 15) is 4.79 Å². The average molecular weight is 340 g/mol. The topological polar surface area (TPSA) is 33.2 Å². The minimum Gasteiger partial charge on any atom is -0.333 e. The summed E-state index contributed by atoms with van der Waals surface area (Å²) in [5, 5.41) is 0.914. The Balaban J connectivity index is 1.48. The molecule has 126 valence electrons. The molecule has 2 aliphatic rings. The molecule has 0 unspecified atom stereocenters. The van der Waals surface area contributed by atoms with E-state index < -0.39 is 0 Å². The fraction of sp³-hybridized carbons (Fsp3) is 0.500. The zero-order valence-electron chi connectivity index (χ0n) is 14.1. The summed E-state index contributed by atoms with van der Waals surface area (Å²) >= 11 is 1.64. The molecule has 0 N–H and O–H groups in total. The van der Waals surface area contributed by atoms with Crippen molar-refractivity contribution >= 4 is 33.5 Å². The Kier molecular flexibility index (Phi) is 4.40. The fourth-order valence-electron chi connectivity index (χ4n) is 3.72. The molecule has 1 amide bonds. The van der Waals surface area contributed by atoms with E-state index in [2.05, 4.69) is 22.9 Å². The monoisotopic (exact) mass is 340 g/mol. The molecule has 2 aromatic rings. The van der Waals surface area contributed by atoms with E-state index in [1.807, 2.05) is 24.3 Å². The van der Waals surface area contributed by atoms with Gasteiger partial charge < -0.3 is 4.90 Å². The van der Waals surface area contributed by atoms with Crippen LogP contribution in [0, 0.1) is 5.92 Å². The van der Waals surface area contributed by atoms with Gasteiger partial charge in [0, 0.05) is 18.2 Å². The number of carbonyl (C=O) groups is 1. The standard InChI is InChI=1S/C20H24N2OS/c1-14-6-8-15(9-7-14)22(16-10-11-16)20(23)13-12-19-21-17-4-2-3-5-18(17)24-19/h2-5,12-16H,6-11H2,1H3/b13-12+. The highest BCUT2D eigenvalue weighted by Gasteiger charge is 2.37. The number of hydrogen-bond acceptors (Lipinski definition) is 3. The lowest BCUT2D eigenvalue weighted by molar-refractivity contribution is -0.129. The number of nitrogens with zero attached hydrogens (tertiary/aromatic N) is 2. The quantitative estimate of drug-likeness (QED) is 0.743. The molecule has 0 bridgehead atoms. The number of benzene rings is 1. The highest BCUT2D eigenvalue weighted by atomic mass is 32.1. The van der Waals surface area contributed by atoms with Crippen LogP contribution in [-0.4, -0.2) is 27.9 Å². The molecule has 2 aliphatic carbocycles. The van der Waals surface area contributed by atoms with Crippen LogP contribution in [0.3, 0.4) is 0 Å². The van der Waals surface area contributed by atoms with Gasteiger partial charge in [-0.2, -0.15) is 0 Å². The van der Waals surface area contributed by atoms with Crippen LogP contribution in [0.15, 0.2) is 30.3 Å². The lowest BCUT2D eigenvalue weighted by Gasteiger charge is -2.36. The molecule has 0 aliphatic heterocycles. The van der Waals surface area contributed by atoms with Crippen molar-refractivity contribution in [3.63, 3.8) is 0 Å². The summed E-state index contributed by atoms with van der Waals surface area (Å²) in [6.07, 6.45) is 10.8. The molecule has 4 rings (SSSR count). The highest BCUT2D eigenvalue weighted by molar-refractivity contribution is 7.19. The third kappa shape index (κ3) is 3.39. The summed E-state index contributed by atoms with van der Waals surface area (Å²) in [4.78, 5) is 19.6. The average Bonchev–Trinajstić information content (AvgIpc) is 3.33. The Morgan fingerprint density at radius 3 is 2.46 bits per heavy atom. The first-order valence-electron chi connectivity index (χ1n) is 9.06. The molecule has 0 radical (unpaired) electrons. The molecule has 3 nitrogen and oxygen atoms in total. The molecule has 0 spiro atoms. The summed E-state index contributed by atoms with van der Waals surface area (Å²) in [5.41, 5.74) is 1.01. The number of aromatic nitrogens is 1. The van der Waals surface area contributed by atoms with Crippen molar-refractivity contribution in [1.29, 1.82) is 0 Å². The van der Waals surface area contributed by atoms with Gasteiger partial charge in [-0.1, -0.05) is 19.1 Å². The SMILES string of the molecule is CC1CCC(N(C(=O)/C=C/c2nc3ccccc3s2)C2CC2)CC1. The van der Waals surface area contributed by atoms with Crippen molar-refractivity contribution in [2.75, 3.05) is 0 Å². The molecule has 0 saturated heterocycles. The van der Waals surface area contributed by atoms with Gasteiger partial charge in [0.1, 0.15) is 5.01 Å². The van der Waals surface area contributed by atoms with Gasteiger partial charge in [0.15, 0.2) is 0 Å². The predicted molar refractivity (Wildman–Crippen MR) is 99.9 cm³/mol. The molecule has 1 aromatic heterocycles. The molecule has 0 atom stereocenters. The Morgan fingerprint density at radius 1 is 1.12 bits per heavy atom. The number of carbonyl (C=O) groups excluding carboxylic acids is 1. The third-order valence-corrected chi connectivity index (χ3v) is 6.25. The van der Waals surface area contributed by atoms with Crippen molar-refractivity contribution < 1.29 is 4.79 Å². The van der Waals surface area contributed by atoms with Gasteiger partial charge in [-0.25, -0.2) is 4.98 Å². The second-order valence-corrected chi connectivity index (χ2v) is 8.31. The van der Waals surface area contributed by atoms with Crippen molar-refractivity contribution in [3.8, 4) is 0 Å². The molecule has 2 saturated carbocycles. The minimum absolute atomic E-state index is 0.177. The number of para-hydroxylation sites is 1. The first kappa shape index (κ1) is 15.8. The number of hydrogen-bond donors (Lipinski definition) is 0. The van der Waals surface area contributed by atoms with E-state index in [1.165, 1.54) is 43.2 Å². The molecule has 4 heteroatoms. The summed E-state index contributed by atoms with van der Waals surface area (Å²) in [6, 6.07) is 9.05. The first-order valence-corrected chi connectivity index (χ1v) is 9.88. The number of fused-ring (bicyclic) bond motifs is 1. The maximum absolute atomic E-state index is 12.8. The van der Waals surface area contributed by atoms with Crippen molar-refractivity contribution in [2.24, 2.45) is 5.92 Å². The van der Waals surface area contributed by atoms with Crippen LogP contribution >= 0.6 is 11.3 Å². The number of rotatable bonds is 4. The van der Waals surface area contributed by atoms with Gasteiger partial charge in [-0.05, 0) is 62.7 Å². The second-order valence-electron chi connectivity index (χ2n) is 7.24. The first-order chi connectivity index (χ1) is 11.7. The maximum Gasteiger partial charge on any atom is 0.247 e. The normalized spacial score (nSPS) is 24.5. The van der Waals surface area contributed by atoms with Gasteiger partial charge >= 0.3 is 0 Å². The Bertz CT molecular complexity index is 721. The zero-order chi connectivity index (χ0) is 16.5. The van der Waals surface area contributed by atoms with Crippen LogP contribution < -0.4 is 0 Å². The van der Waals surface area contributed by atoms with Gasteiger partial charge in [-0.3, -0.25) is 4.79 Å². The van der Waals surface area contributed by atoms with Gasteiger partial charge in [0.25, 0.3) is 0 Å². The minimum atomic E-state index is 0.177. The summed E-state index contributed by atoms with van der Waals surface area (Å²) in [6.45, 7) is 2.33. The Labute approximate surface area is 147 Å². The van der Waals surface area contributed by atoms with Crippen LogP contribution in [0.1, 0.15) is 50.5 Å². The van der Waals surface area contributed by atoms with Crippen LogP contribution in [0.5, 0.6) is 0 Å². The van der Waals surface area contributed by atoms with E-state index >= 15 is 0 Å².